The zero-order chi connectivity index (χ0) is 9.56. The van der Waals surface area contributed by atoms with Crippen molar-refractivity contribution in [1.29, 1.82) is 0 Å². The molecule has 0 unspecified atom stereocenters. The lowest BCUT2D eigenvalue weighted by Gasteiger charge is -2.03. The lowest BCUT2D eigenvalue weighted by Crippen LogP contribution is -2.32. The summed E-state index contributed by atoms with van der Waals surface area (Å²) >= 11 is 0. The van der Waals surface area contributed by atoms with Crippen LogP contribution >= 0.6 is 12.4 Å². The first-order valence-corrected chi connectivity index (χ1v) is 3.40. The molecule has 0 atom stereocenters. The number of rotatable bonds is 4. The Bertz CT molecular complexity index is 206. The Labute approximate surface area is 82.7 Å². The Morgan fingerprint density at radius 1 is 1.54 bits per heavy atom. The van der Waals surface area contributed by atoms with Gasteiger partial charge in [-0.25, -0.2) is 9.59 Å². The summed E-state index contributed by atoms with van der Waals surface area (Å²) in [5, 5.41) is 2.27. The highest BCUT2D eigenvalue weighted by atomic mass is 35.5. The second-order valence-electron chi connectivity index (χ2n) is 2.21. The van der Waals surface area contributed by atoms with Crippen LogP contribution in [0.25, 0.3) is 0 Å². The number of esters is 1. The fraction of sp³-hybridized carbons (Fsp3) is 0.429. The highest BCUT2D eigenvalue weighted by Gasteiger charge is 2.01. The topological polar surface area (TPSA) is 81.4 Å². The third-order valence-electron chi connectivity index (χ3n) is 0.983. The van der Waals surface area contributed by atoms with Crippen molar-refractivity contribution in [2.45, 2.75) is 6.92 Å². The first-order valence-electron chi connectivity index (χ1n) is 3.40. The monoisotopic (exact) mass is 208 g/mol. The smallest absolute Gasteiger partial charge is 0.333 e. The molecule has 0 aliphatic carbocycles. The molecule has 0 aliphatic heterocycles. The zero-order valence-corrected chi connectivity index (χ0v) is 8.15. The van der Waals surface area contributed by atoms with Gasteiger partial charge in [-0.1, -0.05) is 6.58 Å². The molecule has 76 valence electrons. The molecule has 0 aromatic rings. The summed E-state index contributed by atoms with van der Waals surface area (Å²) in [6, 6.07) is -0.638. The van der Waals surface area contributed by atoms with Crippen LogP contribution in [0.4, 0.5) is 4.79 Å². The molecule has 5 nitrogen and oxygen atoms in total. The van der Waals surface area contributed by atoms with Gasteiger partial charge in [-0.15, -0.1) is 12.4 Å². The largest absolute Gasteiger partial charge is 0.460 e. The van der Waals surface area contributed by atoms with Crippen LogP contribution in [0.15, 0.2) is 12.2 Å². The average molecular weight is 209 g/mol. The highest BCUT2D eigenvalue weighted by Crippen LogP contribution is 1.90. The molecule has 0 fully saturated rings. The fourth-order valence-corrected chi connectivity index (χ4v) is 0.441. The molecule has 6 heteroatoms. The van der Waals surface area contributed by atoms with E-state index in [1.807, 2.05) is 0 Å². The zero-order valence-electron chi connectivity index (χ0n) is 7.33. The molecule has 0 bridgehead atoms. The van der Waals surface area contributed by atoms with E-state index in [0.29, 0.717) is 5.57 Å². The van der Waals surface area contributed by atoms with Gasteiger partial charge in [0.15, 0.2) is 0 Å². The standard InChI is InChI=1S/C7H12N2O3.ClH/c1-5(2)6(10)12-4-3-9-7(8)11;/h1,3-4H2,2H3,(H3,8,9,11);1H. The molecule has 2 amide bonds. The summed E-state index contributed by atoms with van der Waals surface area (Å²) in [4.78, 5) is 20.9. The molecule has 0 spiro atoms. The number of carbonyl (C=O) groups excluding carboxylic acids is 2. The van der Waals surface area contributed by atoms with Gasteiger partial charge in [0.05, 0.1) is 6.54 Å². The van der Waals surface area contributed by atoms with Crippen LogP contribution in [0.2, 0.25) is 0 Å². The number of halogens is 1. The summed E-state index contributed by atoms with van der Waals surface area (Å²) in [6.45, 7) is 5.25. The van der Waals surface area contributed by atoms with E-state index < -0.39 is 12.0 Å². The SMILES string of the molecule is C=C(C)C(=O)OCCNC(N)=O.Cl. The molecule has 0 aromatic carbocycles. The molecule has 0 heterocycles. The van der Waals surface area contributed by atoms with Crippen molar-refractivity contribution in [3.63, 3.8) is 0 Å². The van der Waals surface area contributed by atoms with Crippen molar-refractivity contribution in [3.05, 3.63) is 12.2 Å². The summed E-state index contributed by atoms with van der Waals surface area (Å²) < 4.78 is 4.65. The Kier molecular flexibility index (Phi) is 8.16. The van der Waals surface area contributed by atoms with E-state index >= 15 is 0 Å². The average Bonchev–Trinajstić information content (AvgIpc) is 1.97. The van der Waals surface area contributed by atoms with Gasteiger partial charge in [0.1, 0.15) is 6.61 Å². The second-order valence-corrected chi connectivity index (χ2v) is 2.21. The number of carbonyl (C=O) groups is 2. The minimum Gasteiger partial charge on any atom is -0.460 e. The summed E-state index contributed by atoms with van der Waals surface area (Å²) in [5.41, 5.74) is 5.09. The predicted molar refractivity (Wildman–Crippen MR) is 50.6 cm³/mol. The number of nitrogens with two attached hydrogens (primary N) is 1. The van der Waals surface area contributed by atoms with E-state index in [1.165, 1.54) is 0 Å². The van der Waals surface area contributed by atoms with Gasteiger partial charge in [0, 0.05) is 5.57 Å². The summed E-state index contributed by atoms with van der Waals surface area (Å²) in [7, 11) is 0. The second kappa shape index (κ2) is 7.42. The van der Waals surface area contributed by atoms with Gasteiger partial charge in [-0.2, -0.15) is 0 Å². The molecule has 0 aliphatic rings. The number of hydrogen-bond acceptors (Lipinski definition) is 3. The molecular formula is C7H13ClN2O3. The Morgan fingerprint density at radius 3 is 2.46 bits per heavy atom. The van der Waals surface area contributed by atoms with E-state index in [9.17, 15) is 9.59 Å². The van der Waals surface area contributed by atoms with Crippen LogP contribution in [-0.2, 0) is 9.53 Å². The van der Waals surface area contributed by atoms with E-state index in [-0.39, 0.29) is 25.6 Å². The first kappa shape index (κ1) is 14.3. The summed E-state index contributed by atoms with van der Waals surface area (Å²) in [5.74, 6) is -0.471. The van der Waals surface area contributed by atoms with Crippen molar-refractivity contribution in [3.8, 4) is 0 Å². The third-order valence-corrected chi connectivity index (χ3v) is 0.983. The van der Waals surface area contributed by atoms with Gasteiger partial charge in [0.25, 0.3) is 0 Å². The molecular weight excluding hydrogens is 196 g/mol. The molecule has 13 heavy (non-hydrogen) atoms. The molecule has 0 aromatic heterocycles. The third kappa shape index (κ3) is 8.68. The van der Waals surface area contributed by atoms with Crippen molar-refractivity contribution in [2.75, 3.05) is 13.2 Å². The highest BCUT2D eigenvalue weighted by molar-refractivity contribution is 5.86. The first-order chi connectivity index (χ1) is 5.54. The number of nitrogens with one attached hydrogen (secondary N) is 1. The van der Waals surface area contributed by atoms with Crippen LogP contribution in [0.1, 0.15) is 6.92 Å². The van der Waals surface area contributed by atoms with E-state index in [4.69, 9.17) is 5.73 Å². The quantitative estimate of drug-likeness (QED) is 0.393. The van der Waals surface area contributed by atoms with Crippen LogP contribution in [0, 0.1) is 0 Å². The fourth-order valence-electron chi connectivity index (χ4n) is 0.441. The van der Waals surface area contributed by atoms with Gasteiger partial charge >= 0.3 is 12.0 Å². The van der Waals surface area contributed by atoms with E-state index in [2.05, 4.69) is 16.6 Å². The lowest BCUT2D eigenvalue weighted by atomic mass is 10.4. The minimum atomic E-state index is -0.638. The maximum Gasteiger partial charge on any atom is 0.333 e. The maximum absolute atomic E-state index is 10.7. The molecule has 0 saturated carbocycles. The van der Waals surface area contributed by atoms with E-state index in [1.54, 1.807) is 6.92 Å². The number of ether oxygens (including phenoxy) is 1. The van der Waals surface area contributed by atoms with Crippen LogP contribution in [-0.4, -0.2) is 25.2 Å². The van der Waals surface area contributed by atoms with Gasteiger partial charge in [-0.3, -0.25) is 0 Å². The van der Waals surface area contributed by atoms with E-state index in [0.717, 1.165) is 0 Å². The maximum atomic E-state index is 10.7. The Hall–Kier alpha value is -1.23. The lowest BCUT2D eigenvalue weighted by molar-refractivity contribution is -0.138. The minimum absolute atomic E-state index is 0. The molecule has 0 radical (unpaired) electrons. The number of urea groups is 1. The number of primary amides is 1. The van der Waals surface area contributed by atoms with Crippen LogP contribution in [0.5, 0.6) is 0 Å². The molecule has 0 saturated heterocycles. The molecule has 0 rings (SSSR count). The van der Waals surface area contributed by atoms with Crippen LogP contribution < -0.4 is 11.1 Å². The predicted octanol–water partition coefficient (Wildman–Crippen LogP) is 0.196. The van der Waals surface area contributed by atoms with Crippen molar-refractivity contribution in [1.82, 2.24) is 5.32 Å². The Morgan fingerprint density at radius 2 is 2.08 bits per heavy atom. The Balaban J connectivity index is 0. The van der Waals surface area contributed by atoms with Gasteiger partial charge in [-0.05, 0) is 6.92 Å². The summed E-state index contributed by atoms with van der Waals surface area (Å²) in [6.07, 6.45) is 0. The van der Waals surface area contributed by atoms with Crippen molar-refractivity contribution < 1.29 is 14.3 Å². The number of amides is 2. The normalized spacial score (nSPS) is 8.08. The number of hydrogen-bond donors (Lipinski definition) is 2. The van der Waals surface area contributed by atoms with Gasteiger partial charge < -0.3 is 15.8 Å². The van der Waals surface area contributed by atoms with Crippen LogP contribution in [0.3, 0.4) is 0 Å². The van der Waals surface area contributed by atoms with Crippen molar-refractivity contribution >= 4 is 24.4 Å². The van der Waals surface area contributed by atoms with Gasteiger partial charge in [0.2, 0.25) is 0 Å². The van der Waals surface area contributed by atoms with Crippen molar-refractivity contribution in [2.24, 2.45) is 5.73 Å². The molecule has 3 N–H and O–H groups in total.